The molecule has 0 saturated carbocycles. The van der Waals surface area contributed by atoms with Gasteiger partial charge in [-0.3, -0.25) is 19.2 Å². The number of anilines is 2. The van der Waals surface area contributed by atoms with Crippen molar-refractivity contribution in [2.75, 3.05) is 23.8 Å². The fourth-order valence-corrected chi connectivity index (χ4v) is 2.62. The number of carbonyl (C=O) groups is 4. The maximum atomic E-state index is 11.9. The molecule has 0 fully saturated rings. The lowest BCUT2D eigenvalue weighted by atomic mass is 10.1. The normalized spacial score (nSPS) is 10.1. The SMILES string of the molecule is CCOc1ccc(NC(=O)COC(=O)CCCC(=O)Nc2ccc(C(C)=O)cc2)cc1. The van der Waals surface area contributed by atoms with Gasteiger partial charge >= 0.3 is 5.97 Å². The molecule has 0 atom stereocenters. The predicted octanol–water partition coefficient (Wildman–Crippen LogP) is 3.58. The summed E-state index contributed by atoms with van der Waals surface area (Å²) < 4.78 is 10.3. The van der Waals surface area contributed by atoms with Crippen LogP contribution in [0.1, 0.15) is 43.5 Å². The average molecular weight is 426 g/mol. The predicted molar refractivity (Wildman–Crippen MR) is 116 cm³/mol. The molecule has 2 amide bonds. The van der Waals surface area contributed by atoms with E-state index in [-0.39, 0.29) is 31.0 Å². The molecule has 164 valence electrons. The highest BCUT2D eigenvalue weighted by Gasteiger charge is 2.10. The smallest absolute Gasteiger partial charge is 0.306 e. The molecule has 0 aromatic heterocycles. The van der Waals surface area contributed by atoms with Crippen molar-refractivity contribution in [1.82, 2.24) is 0 Å². The first-order valence-electron chi connectivity index (χ1n) is 9.96. The van der Waals surface area contributed by atoms with Gasteiger partial charge in [-0.15, -0.1) is 0 Å². The number of amides is 2. The number of ether oxygens (including phenoxy) is 2. The summed E-state index contributed by atoms with van der Waals surface area (Å²) in [7, 11) is 0. The second kappa shape index (κ2) is 12.1. The topological polar surface area (TPSA) is 111 Å². The van der Waals surface area contributed by atoms with E-state index in [2.05, 4.69) is 10.6 Å². The van der Waals surface area contributed by atoms with E-state index in [0.717, 1.165) is 0 Å². The molecule has 2 aromatic rings. The van der Waals surface area contributed by atoms with Crippen LogP contribution in [-0.2, 0) is 19.1 Å². The molecule has 2 N–H and O–H groups in total. The Hall–Kier alpha value is -3.68. The van der Waals surface area contributed by atoms with Crippen molar-refractivity contribution in [3.8, 4) is 5.75 Å². The molecular formula is C23H26N2O6. The summed E-state index contributed by atoms with van der Waals surface area (Å²) >= 11 is 0. The molecule has 8 nitrogen and oxygen atoms in total. The van der Waals surface area contributed by atoms with Gasteiger partial charge in [0.1, 0.15) is 5.75 Å². The highest BCUT2D eigenvalue weighted by molar-refractivity contribution is 5.96. The number of Topliss-reactive ketones (excluding diaryl/α,β-unsaturated/α-hetero) is 1. The Labute approximate surface area is 180 Å². The second-order valence-electron chi connectivity index (χ2n) is 6.70. The first kappa shape index (κ1) is 23.6. The van der Waals surface area contributed by atoms with Gasteiger partial charge in [-0.1, -0.05) is 0 Å². The fraction of sp³-hybridized carbons (Fsp3) is 0.304. The summed E-state index contributed by atoms with van der Waals surface area (Å²) in [6.07, 6.45) is 0.436. The van der Waals surface area contributed by atoms with Crippen molar-refractivity contribution < 1.29 is 28.7 Å². The fourth-order valence-electron chi connectivity index (χ4n) is 2.62. The van der Waals surface area contributed by atoms with E-state index in [4.69, 9.17) is 9.47 Å². The lowest BCUT2D eigenvalue weighted by molar-refractivity contribution is -0.147. The molecule has 0 aliphatic carbocycles. The minimum Gasteiger partial charge on any atom is -0.494 e. The van der Waals surface area contributed by atoms with E-state index in [1.54, 1.807) is 48.5 Å². The third-order valence-electron chi connectivity index (χ3n) is 4.17. The van der Waals surface area contributed by atoms with Crippen LogP contribution in [0.3, 0.4) is 0 Å². The van der Waals surface area contributed by atoms with E-state index in [1.807, 2.05) is 6.92 Å². The molecule has 31 heavy (non-hydrogen) atoms. The molecule has 0 aliphatic rings. The van der Waals surface area contributed by atoms with Crippen LogP contribution in [0.2, 0.25) is 0 Å². The maximum Gasteiger partial charge on any atom is 0.306 e. The Kier molecular flexibility index (Phi) is 9.22. The molecule has 0 bridgehead atoms. The van der Waals surface area contributed by atoms with Crippen LogP contribution < -0.4 is 15.4 Å². The minimum atomic E-state index is -0.555. The first-order valence-corrected chi connectivity index (χ1v) is 9.96. The standard InChI is InChI=1S/C23H26N2O6/c1-3-30-20-13-11-19(12-14-20)25-22(28)15-31-23(29)6-4-5-21(27)24-18-9-7-17(8-10-18)16(2)26/h7-14H,3-6,15H2,1-2H3,(H,24,27)(H,25,28). The van der Waals surface area contributed by atoms with Crippen LogP contribution in [0, 0.1) is 0 Å². The van der Waals surface area contributed by atoms with Crippen molar-refractivity contribution in [3.63, 3.8) is 0 Å². The van der Waals surface area contributed by atoms with Gasteiger partial charge < -0.3 is 20.1 Å². The molecule has 0 aliphatic heterocycles. The third-order valence-corrected chi connectivity index (χ3v) is 4.17. The molecular weight excluding hydrogens is 400 g/mol. The van der Waals surface area contributed by atoms with Gasteiger partial charge in [0.25, 0.3) is 5.91 Å². The Morgan fingerprint density at radius 3 is 1.97 bits per heavy atom. The Morgan fingerprint density at radius 1 is 0.806 bits per heavy atom. The monoisotopic (exact) mass is 426 g/mol. The van der Waals surface area contributed by atoms with Crippen LogP contribution in [0.25, 0.3) is 0 Å². The zero-order chi connectivity index (χ0) is 22.6. The molecule has 2 rings (SSSR count). The van der Waals surface area contributed by atoms with Crippen LogP contribution in [0.5, 0.6) is 5.75 Å². The molecule has 0 saturated heterocycles. The summed E-state index contributed by atoms with van der Waals surface area (Å²) in [6, 6.07) is 13.4. The number of benzene rings is 2. The molecule has 8 heteroatoms. The number of rotatable bonds is 11. The molecule has 0 heterocycles. The van der Waals surface area contributed by atoms with Crippen LogP contribution in [-0.4, -0.2) is 36.8 Å². The van der Waals surface area contributed by atoms with Crippen molar-refractivity contribution in [2.24, 2.45) is 0 Å². The maximum absolute atomic E-state index is 11.9. The van der Waals surface area contributed by atoms with E-state index in [0.29, 0.717) is 29.3 Å². The summed E-state index contributed by atoms with van der Waals surface area (Å²) in [5.41, 5.74) is 1.70. The van der Waals surface area contributed by atoms with Crippen LogP contribution in [0.4, 0.5) is 11.4 Å². The Balaban J connectivity index is 1.63. The quantitative estimate of drug-likeness (QED) is 0.420. The lowest BCUT2D eigenvalue weighted by Crippen LogP contribution is -2.21. The summed E-state index contributed by atoms with van der Waals surface area (Å²) in [4.78, 5) is 46.8. The van der Waals surface area contributed by atoms with Gasteiger partial charge in [-0.05, 0) is 68.8 Å². The van der Waals surface area contributed by atoms with Gasteiger partial charge in [0.2, 0.25) is 5.91 Å². The van der Waals surface area contributed by atoms with Crippen LogP contribution in [0.15, 0.2) is 48.5 Å². The summed E-state index contributed by atoms with van der Waals surface area (Å²) in [5.74, 6) is -0.616. The van der Waals surface area contributed by atoms with E-state index < -0.39 is 18.5 Å². The van der Waals surface area contributed by atoms with Crippen molar-refractivity contribution >= 4 is 34.9 Å². The van der Waals surface area contributed by atoms with Gasteiger partial charge in [0.15, 0.2) is 12.4 Å². The number of hydrogen-bond acceptors (Lipinski definition) is 6. The average Bonchev–Trinajstić information content (AvgIpc) is 2.74. The highest BCUT2D eigenvalue weighted by Crippen LogP contribution is 2.15. The zero-order valence-electron chi connectivity index (χ0n) is 17.6. The van der Waals surface area contributed by atoms with E-state index in [1.165, 1.54) is 6.92 Å². The zero-order valence-corrected chi connectivity index (χ0v) is 17.6. The number of esters is 1. The molecule has 0 unspecified atom stereocenters. The number of ketones is 1. The second-order valence-corrected chi connectivity index (χ2v) is 6.70. The summed E-state index contributed by atoms with van der Waals surface area (Å²) in [5, 5.41) is 5.32. The Bertz CT molecular complexity index is 907. The van der Waals surface area contributed by atoms with Gasteiger partial charge in [-0.25, -0.2) is 0 Å². The minimum absolute atomic E-state index is 0.0209. The first-order chi connectivity index (χ1) is 14.9. The molecule has 0 spiro atoms. The van der Waals surface area contributed by atoms with E-state index in [9.17, 15) is 19.2 Å². The van der Waals surface area contributed by atoms with Crippen LogP contribution >= 0.6 is 0 Å². The van der Waals surface area contributed by atoms with Gasteiger partial charge in [-0.2, -0.15) is 0 Å². The lowest BCUT2D eigenvalue weighted by Gasteiger charge is -2.08. The Morgan fingerprint density at radius 2 is 1.39 bits per heavy atom. The highest BCUT2D eigenvalue weighted by atomic mass is 16.5. The van der Waals surface area contributed by atoms with Crippen molar-refractivity contribution in [3.05, 3.63) is 54.1 Å². The molecule has 2 aromatic carbocycles. The summed E-state index contributed by atoms with van der Waals surface area (Å²) in [6.45, 7) is 3.50. The van der Waals surface area contributed by atoms with Gasteiger partial charge in [0.05, 0.1) is 6.61 Å². The largest absolute Gasteiger partial charge is 0.494 e. The van der Waals surface area contributed by atoms with E-state index >= 15 is 0 Å². The van der Waals surface area contributed by atoms with Gasteiger partial charge in [0, 0.05) is 29.8 Å². The van der Waals surface area contributed by atoms with Crippen molar-refractivity contribution in [1.29, 1.82) is 0 Å². The number of nitrogens with one attached hydrogen (secondary N) is 2. The number of hydrogen-bond donors (Lipinski definition) is 2. The third kappa shape index (κ3) is 8.69. The molecule has 0 radical (unpaired) electrons. The number of carbonyl (C=O) groups excluding carboxylic acids is 4. The van der Waals surface area contributed by atoms with Crippen molar-refractivity contribution in [2.45, 2.75) is 33.1 Å².